The lowest BCUT2D eigenvalue weighted by Crippen LogP contribution is -2.29. The van der Waals surface area contributed by atoms with E-state index in [1.165, 1.54) is 43.2 Å². The van der Waals surface area contributed by atoms with Crippen molar-refractivity contribution in [3.63, 3.8) is 0 Å². The van der Waals surface area contributed by atoms with Crippen LogP contribution in [-0.2, 0) is 6.42 Å². The number of rotatable bonds is 6. The first-order chi connectivity index (χ1) is 9.72. The minimum Gasteiger partial charge on any atom is -0.385 e. The summed E-state index contributed by atoms with van der Waals surface area (Å²) >= 11 is 0. The molecule has 0 amide bonds. The Morgan fingerprint density at radius 1 is 1.10 bits per heavy atom. The fraction of sp³-hybridized carbons (Fsp3) is 0.579. The summed E-state index contributed by atoms with van der Waals surface area (Å²) in [6.07, 6.45) is 12.4. The van der Waals surface area contributed by atoms with E-state index in [-0.39, 0.29) is 0 Å². The molecule has 1 nitrogen and oxygen atoms in total. The molecular weight excluding hydrogens is 244 g/mol. The molecule has 1 N–H and O–H groups in total. The van der Waals surface area contributed by atoms with E-state index < -0.39 is 5.60 Å². The van der Waals surface area contributed by atoms with E-state index in [1.807, 2.05) is 6.07 Å². The summed E-state index contributed by atoms with van der Waals surface area (Å²) < 4.78 is 0. The Balaban J connectivity index is 2.11. The summed E-state index contributed by atoms with van der Waals surface area (Å²) in [5.41, 5.74) is 2.06. The van der Waals surface area contributed by atoms with Crippen molar-refractivity contribution < 1.29 is 5.11 Å². The summed E-state index contributed by atoms with van der Waals surface area (Å²) in [5, 5.41) is 11.1. The smallest absolute Gasteiger partial charge is 0.0870 e. The quantitative estimate of drug-likeness (QED) is 0.719. The first-order valence-electron chi connectivity index (χ1n) is 8.19. The molecule has 20 heavy (non-hydrogen) atoms. The van der Waals surface area contributed by atoms with Crippen LogP contribution in [0.4, 0.5) is 0 Å². The van der Waals surface area contributed by atoms with Crippen molar-refractivity contribution in [2.45, 2.75) is 70.3 Å². The van der Waals surface area contributed by atoms with Crippen molar-refractivity contribution in [1.29, 1.82) is 0 Å². The second-order valence-electron chi connectivity index (χ2n) is 6.23. The van der Waals surface area contributed by atoms with Crippen LogP contribution in [0.1, 0.15) is 63.9 Å². The second-order valence-corrected chi connectivity index (χ2v) is 6.23. The number of hydrogen-bond acceptors (Lipinski definition) is 1. The normalized spacial score (nSPS) is 18.6. The van der Waals surface area contributed by atoms with E-state index in [2.05, 4.69) is 37.3 Å². The zero-order chi connectivity index (χ0) is 14.3. The van der Waals surface area contributed by atoms with Gasteiger partial charge < -0.3 is 5.11 Å². The molecule has 0 spiro atoms. The highest BCUT2D eigenvalue weighted by Crippen LogP contribution is 2.29. The Labute approximate surface area is 123 Å². The minimum atomic E-state index is -0.649. The molecule has 0 bridgehead atoms. The maximum atomic E-state index is 11.1. The van der Waals surface area contributed by atoms with Gasteiger partial charge in [-0.3, -0.25) is 0 Å². The molecule has 1 saturated carbocycles. The van der Waals surface area contributed by atoms with E-state index >= 15 is 0 Å². The average molecular weight is 272 g/mol. The Hall–Kier alpha value is -1.08. The van der Waals surface area contributed by atoms with Crippen molar-refractivity contribution in [1.82, 2.24) is 0 Å². The Morgan fingerprint density at radius 2 is 1.80 bits per heavy atom. The number of allylic oxidation sites excluding steroid dienone is 1. The van der Waals surface area contributed by atoms with Crippen molar-refractivity contribution in [2.24, 2.45) is 0 Å². The van der Waals surface area contributed by atoms with Gasteiger partial charge in [0.15, 0.2) is 0 Å². The highest BCUT2D eigenvalue weighted by atomic mass is 16.3. The molecule has 2 rings (SSSR count). The molecule has 1 atom stereocenters. The highest BCUT2D eigenvalue weighted by molar-refractivity contribution is 5.22. The Kier molecular flexibility index (Phi) is 5.85. The lowest BCUT2D eigenvalue weighted by atomic mass is 9.84. The first kappa shape index (κ1) is 15.3. The van der Waals surface area contributed by atoms with Crippen LogP contribution in [0.15, 0.2) is 42.0 Å². The van der Waals surface area contributed by atoms with Crippen LogP contribution in [0.25, 0.3) is 0 Å². The van der Waals surface area contributed by atoms with Crippen molar-refractivity contribution in [3.05, 3.63) is 47.5 Å². The van der Waals surface area contributed by atoms with Gasteiger partial charge in [-0.2, -0.15) is 0 Å². The van der Waals surface area contributed by atoms with Crippen LogP contribution >= 0.6 is 0 Å². The van der Waals surface area contributed by atoms with E-state index in [0.717, 1.165) is 25.7 Å². The lowest BCUT2D eigenvalue weighted by Gasteiger charge is -2.27. The minimum absolute atomic E-state index is 0.649. The van der Waals surface area contributed by atoms with Crippen LogP contribution in [-0.4, -0.2) is 10.7 Å². The SMILES string of the molecule is CCCCC(O)(C=C1CCCCC1)Cc1ccccc1. The fourth-order valence-electron chi connectivity index (χ4n) is 3.17. The molecule has 0 radical (unpaired) electrons. The molecule has 1 aromatic rings. The largest absolute Gasteiger partial charge is 0.385 e. The van der Waals surface area contributed by atoms with Crippen LogP contribution in [0, 0.1) is 0 Å². The number of aliphatic hydroxyl groups is 1. The molecular formula is C19H28O. The number of hydrogen-bond donors (Lipinski definition) is 1. The van der Waals surface area contributed by atoms with Gasteiger partial charge in [-0.05, 0) is 37.7 Å². The zero-order valence-corrected chi connectivity index (χ0v) is 12.8. The van der Waals surface area contributed by atoms with Gasteiger partial charge in [0.25, 0.3) is 0 Å². The molecule has 0 aromatic heterocycles. The first-order valence-corrected chi connectivity index (χ1v) is 8.19. The van der Waals surface area contributed by atoms with Crippen LogP contribution < -0.4 is 0 Å². The zero-order valence-electron chi connectivity index (χ0n) is 12.8. The molecule has 110 valence electrons. The number of unbranched alkanes of at least 4 members (excludes halogenated alkanes) is 1. The number of benzene rings is 1. The van der Waals surface area contributed by atoms with Crippen molar-refractivity contribution in [2.75, 3.05) is 0 Å². The molecule has 1 aromatic carbocycles. The average Bonchev–Trinajstić information content (AvgIpc) is 2.47. The van der Waals surface area contributed by atoms with Gasteiger partial charge in [-0.15, -0.1) is 0 Å². The summed E-state index contributed by atoms with van der Waals surface area (Å²) in [4.78, 5) is 0. The Morgan fingerprint density at radius 3 is 2.45 bits per heavy atom. The summed E-state index contributed by atoms with van der Waals surface area (Å²) in [6.45, 7) is 2.19. The summed E-state index contributed by atoms with van der Waals surface area (Å²) in [7, 11) is 0. The van der Waals surface area contributed by atoms with Crippen molar-refractivity contribution in [3.8, 4) is 0 Å². The molecule has 0 aliphatic heterocycles. The monoisotopic (exact) mass is 272 g/mol. The second kappa shape index (κ2) is 7.64. The van der Waals surface area contributed by atoms with Crippen LogP contribution in [0.5, 0.6) is 0 Å². The summed E-state index contributed by atoms with van der Waals surface area (Å²) in [6, 6.07) is 10.4. The van der Waals surface area contributed by atoms with Gasteiger partial charge in [0.2, 0.25) is 0 Å². The standard InChI is InChI=1S/C19H28O/c1-2-3-14-19(20,15-17-10-6-4-7-11-17)16-18-12-8-5-9-13-18/h4,6-7,10-11,16,20H,2-3,5,8-9,12-15H2,1H3. The third kappa shape index (κ3) is 4.79. The topological polar surface area (TPSA) is 20.2 Å². The molecule has 1 heteroatoms. The van der Waals surface area contributed by atoms with Gasteiger partial charge in [0.1, 0.15) is 0 Å². The Bertz CT molecular complexity index is 413. The van der Waals surface area contributed by atoms with Gasteiger partial charge in [-0.25, -0.2) is 0 Å². The van der Waals surface area contributed by atoms with Gasteiger partial charge >= 0.3 is 0 Å². The van der Waals surface area contributed by atoms with E-state index in [1.54, 1.807) is 0 Å². The van der Waals surface area contributed by atoms with E-state index in [4.69, 9.17) is 0 Å². The third-order valence-corrected chi connectivity index (χ3v) is 4.28. The fourth-order valence-corrected chi connectivity index (χ4v) is 3.17. The molecule has 0 heterocycles. The molecule has 1 unspecified atom stereocenters. The maximum Gasteiger partial charge on any atom is 0.0870 e. The molecule has 0 saturated heterocycles. The van der Waals surface area contributed by atoms with Gasteiger partial charge in [-0.1, -0.05) is 68.2 Å². The van der Waals surface area contributed by atoms with Crippen LogP contribution in [0.2, 0.25) is 0 Å². The lowest BCUT2D eigenvalue weighted by molar-refractivity contribution is 0.0779. The third-order valence-electron chi connectivity index (χ3n) is 4.28. The molecule has 1 fully saturated rings. The van der Waals surface area contributed by atoms with E-state index in [0.29, 0.717) is 0 Å². The van der Waals surface area contributed by atoms with Crippen molar-refractivity contribution >= 4 is 0 Å². The van der Waals surface area contributed by atoms with Gasteiger partial charge in [0, 0.05) is 6.42 Å². The predicted molar refractivity (Wildman–Crippen MR) is 85.8 cm³/mol. The van der Waals surface area contributed by atoms with Crippen LogP contribution in [0.3, 0.4) is 0 Å². The summed E-state index contributed by atoms with van der Waals surface area (Å²) in [5.74, 6) is 0. The van der Waals surface area contributed by atoms with Gasteiger partial charge in [0.05, 0.1) is 5.60 Å². The predicted octanol–water partition coefficient (Wildman–Crippen LogP) is 5.04. The highest BCUT2D eigenvalue weighted by Gasteiger charge is 2.25. The maximum absolute atomic E-state index is 11.1. The molecule has 1 aliphatic rings. The van der Waals surface area contributed by atoms with E-state index in [9.17, 15) is 5.11 Å². The molecule has 1 aliphatic carbocycles.